The van der Waals surface area contributed by atoms with E-state index >= 15 is 0 Å². The number of aromatic nitrogens is 1. The summed E-state index contributed by atoms with van der Waals surface area (Å²) < 4.78 is 41.1. The first kappa shape index (κ1) is 17.9. The third-order valence-corrected chi connectivity index (χ3v) is 4.17. The van der Waals surface area contributed by atoms with Gasteiger partial charge in [-0.1, -0.05) is 6.92 Å². The van der Waals surface area contributed by atoms with E-state index in [1.165, 1.54) is 37.6 Å². The molecule has 0 atom stereocenters. The molecule has 0 aliphatic carbocycles. The van der Waals surface area contributed by atoms with Gasteiger partial charge in [0.05, 0.1) is 24.6 Å². The first-order valence-electron chi connectivity index (χ1n) is 8.26. The van der Waals surface area contributed by atoms with Crippen molar-refractivity contribution in [1.82, 2.24) is 4.57 Å². The number of hydrogen-bond acceptors (Lipinski definition) is 3. The van der Waals surface area contributed by atoms with Gasteiger partial charge in [0, 0.05) is 30.4 Å². The number of hydrogen-bond donors (Lipinski definition) is 0. The van der Waals surface area contributed by atoms with Gasteiger partial charge in [0.15, 0.2) is 5.43 Å². The summed E-state index contributed by atoms with van der Waals surface area (Å²) in [6.07, 6.45) is 2.27. The van der Waals surface area contributed by atoms with Crippen LogP contribution in [0.5, 0.6) is 11.5 Å². The molecule has 0 aliphatic rings. The lowest BCUT2D eigenvalue weighted by Crippen LogP contribution is -2.14. The van der Waals surface area contributed by atoms with Crippen molar-refractivity contribution in [2.24, 2.45) is 7.05 Å². The average Bonchev–Trinajstić information content (AvgIpc) is 2.63. The van der Waals surface area contributed by atoms with Crippen molar-refractivity contribution in [3.05, 3.63) is 58.4 Å². The van der Waals surface area contributed by atoms with E-state index in [0.717, 1.165) is 6.42 Å². The number of halogens is 2. The van der Waals surface area contributed by atoms with E-state index in [9.17, 15) is 13.6 Å². The van der Waals surface area contributed by atoms with Crippen molar-refractivity contribution < 1.29 is 18.3 Å². The summed E-state index contributed by atoms with van der Waals surface area (Å²) in [5, 5.41) is -0.117. The molecule has 0 saturated carbocycles. The number of methoxy groups -OCH3 is 1. The van der Waals surface area contributed by atoms with Gasteiger partial charge in [0.2, 0.25) is 0 Å². The highest BCUT2D eigenvalue weighted by Crippen LogP contribution is 2.30. The second kappa shape index (κ2) is 7.15. The van der Waals surface area contributed by atoms with E-state index in [0.29, 0.717) is 23.6 Å². The SMILES string of the molecule is CCCOc1ccc(F)c2c(=O)c(-c3ccc(OC)cc3F)cn(C)c12. The molecule has 0 fully saturated rings. The number of fused-ring (bicyclic) bond motifs is 1. The molecule has 0 radical (unpaired) electrons. The first-order chi connectivity index (χ1) is 12.5. The Kier molecular flexibility index (Phi) is 4.93. The van der Waals surface area contributed by atoms with Crippen molar-refractivity contribution in [3.8, 4) is 22.6 Å². The van der Waals surface area contributed by atoms with Crippen LogP contribution in [0.3, 0.4) is 0 Å². The lowest BCUT2D eigenvalue weighted by molar-refractivity contribution is 0.319. The molecule has 26 heavy (non-hydrogen) atoms. The van der Waals surface area contributed by atoms with Crippen LogP contribution >= 0.6 is 0 Å². The van der Waals surface area contributed by atoms with Crippen LogP contribution in [-0.4, -0.2) is 18.3 Å². The van der Waals surface area contributed by atoms with E-state index in [1.54, 1.807) is 17.7 Å². The van der Waals surface area contributed by atoms with Crippen LogP contribution < -0.4 is 14.9 Å². The zero-order chi connectivity index (χ0) is 18.8. The van der Waals surface area contributed by atoms with Gasteiger partial charge in [0.1, 0.15) is 23.1 Å². The van der Waals surface area contributed by atoms with Crippen molar-refractivity contribution in [2.75, 3.05) is 13.7 Å². The molecular formula is C20H19F2NO3. The summed E-state index contributed by atoms with van der Waals surface area (Å²) in [5.41, 5.74) is -0.0676. The van der Waals surface area contributed by atoms with E-state index in [2.05, 4.69) is 0 Å². The summed E-state index contributed by atoms with van der Waals surface area (Å²) in [6.45, 7) is 2.40. The fourth-order valence-corrected chi connectivity index (χ4v) is 2.93. The van der Waals surface area contributed by atoms with Crippen LogP contribution in [0.4, 0.5) is 8.78 Å². The smallest absolute Gasteiger partial charge is 0.200 e. The van der Waals surface area contributed by atoms with Gasteiger partial charge in [-0.2, -0.15) is 0 Å². The Morgan fingerprint density at radius 3 is 2.50 bits per heavy atom. The normalized spacial score (nSPS) is 11.0. The summed E-state index contributed by atoms with van der Waals surface area (Å²) in [6, 6.07) is 6.89. The molecule has 0 aliphatic heterocycles. The molecule has 6 heteroatoms. The molecule has 4 nitrogen and oxygen atoms in total. The van der Waals surface area contributed by atoms with Gasteiger partial charge in [0.25, 0.3) is 0 Å². The predicted molar refractivity (Wildman–Crippen MR) is 96.9 cm³/mol. The highest BCUT2D eigenvalue weighted by Gasteiger charge is 2.19. The third-order valence-electron chi connectivity index (χ3n) is 4.17. The monoisotopic (exact) mass is 359 g/mol. The van der Waals surface area contributed by atoms with Crippen LogP contribution in [0, 0.1) is 11.6 Å². The number of benzene rings is 2. The second-order valence-electron chi connectivity index (χ2n) is 5.95. The Morgan fingerprint density at radius 2 is 1.85 bits per heavy atom. The minimum atomic E-state index is -0.666. The quantitative estimate of drug-likeness (QED) is 0.683. The molecule has 1 heterocycles. The fourth-order valence-electron chi connectivity index (χ4n) is 2.93. The molecular weight excluding hydrogens is 340 g/mol. The minimum Gasteiger partial charge on any atom is -0.497 e. The Bertz CT molecular complexity index is 1030. The number of nitrogens with zero attached hydrogens (tertiary/aromatic N) is 1. The van der Waals surface area contributed by atoms with Crippen molar-refractivity contribution in [3.63, 3.8) is 0 Å². The van der Waals surface area contributed by atoms with E-state index in [1.807, 2.05) is 6.92 Å². The van der Waals surface area contributed by atoms with Gasteiger partial charge in [-0.3, -0.25) is 4.79 Å². The van der Waals surface area contributed by atoms with E-state index in [-0.39, 0.29) is 16.5 Å². The van der Waals surface area contributed by atoms with Crippen LogP contribution in [0.25, 0.3) is 22.0 Å². The van der Waals surface area contributed by atoms with Gasteiger partial charge >= 0.3 is 0 Å². The van der Waals surface area contributed by atoms with Crippen LogP contribution in [0.1, 0.15) is 13.3 Å². The van der Waals surface area contributed by atoms with Crippen molar-refractivity contribution in [1.29, 1.82) is 0 Å². The van der Waals surface area contributed by atoms with Gasteiger partial charge in [-0.25, -0.2) is 8.78 Å². The lowest BCUT2D eigenvalue weighted by Gasteiger charge is -2.15. The number of rotatable bonds is 5. The molecule has 2 aromatic carbocycles. The molecule has 3 rings (SSSR count). The molecule has 0 unspecified atom stereocenters. The number of pyridine rings is 1. The maximum Gasteiger partial charge on any atom is 0.200 e. The molecule has 0 spiro atoms. The Balaban J connectivity index is 2.29. The summed E-state index contributed by atoms with van der Waals surface area (Å²) in [4.78, 5) is 12.9. The number of aryl methyl sites for hydroxylation is 1. The van der Waals surface area contributed by atoms with Crippen LogP contribution in [0.15, 0.2) is 41.3 Å². The number of ether oxygens (including phenoxy) is 2. The van der Waals surface area contributed by atoms with Gasteiger partial charge in [-0.15, -0.1) is 0 Å². The van der Waals surface area contributed by atoms with Crippen molar-refractivity contribution >= 4 is 10.9 Å². The third kappa shape index (κ3) is 3.03. The molecule has 0 saturated heterocycles. The highest BCUT2D eigenvalue weighted by molar-refractivity contribution is 5.89. The summed E-state index contributed by atoms with van der Waals surface area (Å²) in [5.74, 6) is -0.519. The lowest BCUT2D eigenvalue weighted by atomic mass is 10.0. The van der Waals surface area contributed by atoms with E-state index < -0.39 is 17.1 Å². The van der Waals surface area contributed by atoms with E-state index in [4.69, 9.17) is 9.47 Å². The van der Waals surface area contributed by atoms with Crippen molar-refractivity contribution in [2.45, 2.75) is 13.3 Å². The fraction of sp³-hybridized carbons (Fsp3) is 0.250. The molecule has 136 valence electrons. The molecule has 0 amide bonds. The zero-order valence-corrected chi connectivity index (χ0v) is 14.8. The zero-order valence-electron chi connectivity index (χ0n) is 14.8. The summed E-state index contributed by atoms with van der Waals surface area (Å²) >= 11 is 0. The standard InChI is InChI=1S/C20H19F2NO3/c1-4-9-26-17-8-7-15(21)18-19(17)23(2)11-14(20(18)24)13-6-5-12(25-3)10-16(13)22/h5-8,10-11H,4,9H2,1-3H3. The Labute approximate surface area is 149 Å². The molecule has 3 aromatic rings. The highest BCUT2D eigenvalue weighted by atomic mass is 19.1. The molecule has 0 bridgehead atoms. The van der Waals surface area contributed by atoms with Gasteiger partial charge < -0.3 is 14.0 Å². The molecule has 1 aromatic heterocycles. The summed E-state index contributed by atoms with van der Waals surface area (Å²) in [7, 11) is 3.10. The largest absolute Gasteiger partial charge is 0.497 e. The maximum atomic E-state index is 14.5. The molecule has 0 N–H and O–H groups in total. The topological polar surface area (TPSA) is 40.5 Å². The predicted octanol–water partition coefficient (Wildman–Crippen LogP) is 4.28. The van der Waals surface area contributed by atoms with Gasteiger partial charge in [-0.05, 0) is 30.7 Å². The Hall–Kier alpha value is -2.89. The average molecular weight is 359 g/mol. The Morgan fingerprint density at radius 1 is 1.08 bits per heavy atom. The van der Waals surface area contributed by atoms with Crippen LogP contribution in [0.2, 0.25) is 0 Å². The minimum absolute atomic E-state index is 0.0756. The maximum absolute atomic E-state index is 14.5. The van der Waals surface area contributed by atoms with Crippen LogP contribution in [-0.2, 0) is 7.05 Å². The first-order valence-corrected chi connectivity index (χ1v) is 8.26. The second-order valence-corrected chi connectivity index (χ2v) is 5.95.